The number of hydrogen-bond donors (Lipinski definition) is 2. The fourth-order valence-electron chi connectivity index (χ4n) is 1.39. The number of nitro benzene ring substituents is 1. The van der Waals surface area contributed by atoms with E-state index in [1.54, 1.807) is 0 Å². The number of nitrogens with zero attached hydrogens (tertiary/aromatic N) is 1. The van der Waals surface area contributed by atoms with Crippen molar-refractivity contribution >= 4 is 17.3 Å². The van der Waals surface area contributed by atoms with E-state index in [0.717, 1.165) is 12.1 Å². The van der Waals surface area contributed by atoms with E-state index in [-0.39, 0.29) is 22.7 Å². The molecule has 2 unspecified atom stereocenters. The average Bonchev–Trinajstić information content (AvgIpc) is 2.26. The SMILES string of the molecule is Cc1cc(F)c(C(O)C(O)CCl)cc1[N+](=O)[O-]. The van der Waals surface area contributed by atoms with Crippen LogP contribution < -0.4 is 0 Å². The van der Waals surface area contributed by atoms with Crippen LogP contribution in [0.5, 0.6) is 0 Å². The highest BCUT2D eigenvalue weighted by Crippen LogP contribution is 2.28. The van der Waals surface area contributed by atoms with Gasteiger partial charge in [-0.2, -0.15) is 0 Å². The third kappa shape index (κ3) is 2.91. The normalized spacial score (nSPS) is 14.4. The van der Waals surface area contributed by atoms with Crippen LogP contribution in [0, 0.1) is 22.9 Å². The Hall–Kier alpha value is -1.24. The second kappa shape index (κ2) is 5.39. The third-order valence-electron chi connectivity index (χ3n) is 2.35. The van der Waals surface area contributed by atoms with Crippen molar-refractivity contribution in [3.8, 4) is 0 Å². The van der Waals surface area contributed by atoms with Crippen LogP contribution in [0.25, 0.3) is 0 Å². The van der Waals surface area contributed by atoms with E-state index in [2.05, 4.69) is 0 Å². The molecule has 17 heavy (non-hydrogen) atoms. The van der Waals surface area contributed by atoms with Crippen molar-refractivity contribution in [2.24, 2.45) is 0 Å². The molecule has 0 aliphatic heterocycles. The number of rotatable bonds is 4. The van der Waals surface area contributed by atoms with Crippen molar-refractivity contribution in [3.05, 3.63) is 39.2 Å². The van der Waals surface area contributed by atoms with E-state index in [4.69, 9.17) is 11.6 Å². The molecule has 1 rings (SSSR count). The molecular formula is C10H11ClFNO4. The van der Waals surface area contributed by atoms with Gasteiger partial charge in [-0.15, -0.1) is 11.6 Å². The Morgan fingerprint density at radius 2 is 2.12 bits per heavy atom. The number of nitro groups is 1. The largest absolute Gasteiger partial charge is 0.389 e. The van der Waals surface area contributed by atoms with E-state index in [1.165, 1.54) is 6.92 Å². The van der Waals surface area contributed by atoms with Crippen molar-refractivity contribution in [1.29, 1.82) is 0 Å². The summed E-state index contributed by atoms with van der Waals surface area (Å²) in [4.78, 5) is 9.98. The molecule has 0 aromatic heterocycles. The number of aryl methyl sites for hydroxylation is 1. The lowest BCUT2D eigenvalue weighted by molar-refractivity contribution is -0.385. The van der Waals surface area contributed by atoms with Gasteiger partial charge in [0.05, 0.1) is 16.9 Å². The van der Waals surface area contributed by atoms with Gasteiger partial charge in [0.25, 0.3) is 5.69 Å². The average molecular weight is 264 g/mol. The molecule has 2 atom stereocenters. The van der Waals surface area contributed by atoms with Crippen molar-refractivity contribution < 1.29 is 19.5 Å². The van der Waals surface area contributed by atoms with Gasteiger partial charge < -0.3 is 10.2 Å². The molecule has 0 saturated carbocycles. The second-order valence-electron chi connectivity index (χ2n) is 3.58. The first-order valence-electron chi connectivity index (χ1n) is 4.75. The predicted octanol–water partition coefficient (Wildman–Crippen LogP) is 1.68. The van der Waals surface area contributed by atoms with Crippen LogP contribution >= 0.6 is 11.6 Å². The first-order valence-corrected chi connectivity index (χ1v) is 5.28. The maximum Gasteiger partial charge on any atom is 0.272 e. The Morgan fingerprint density at radius 1 is 1.53 bits per heavy atom. The minimum absolute atomic E-state index is 0.142. The molecule has 0 radical (unpaired) electrons. The van der Waals surface area contributed by atoms with Crippen LogP contribution in [0.4, 0.5) is 10.1 Å². The van der Waals surface area contributed by atoms with Gasteiger partial charge in [0.2, 0.25) is 0 Å². The van der Waals surface area contributed by atoms with Crippen LogP contribution in [0.2, 0.25) is 0 Å². The van der Waals surface area contributed by atoms with E-state index < -0.39 is 22.9 Å². The quantitative estimate of drug-likeness (QED) is 0.492. The maximum absolute atomic E-state index is 13.5. The third-order valence-corrected chi connectivity index (χ3v) is 2.67. The fourth-order valence-corrected chi connectivity index (χ4v) is 1.56. The van der Waals surface area contributed by atoms with Crippen LogP contribution in [0.1, 0.15) is 17.2 Å². The molecule has 1 aromatic rings. The Kier molecular flexibility index (Phi) is 4.39. The minimum atomic E-state index is -1.59. The molecule has 0 amide bonds. The van der Waals surface area contributed by atoms with E-state index in [9.17, 15) is 24.7 Å². The predicted molar refractivity (Wildman–Crippen MR) is 59.5 cm³/mol. The lowest BCUT2D eigenvalue weighted by atomic mass is 10.0. The molecule has 0 heterocycles. The summed E-state index contributed by atoms with van der Waals surface area (Å²) >= 11 is 5.32. The lowest BCUT2D eigenvalue weighted by Crippen LogP contribution is -2.21. The number of halogens is 2. The number of aliphatic hydroxyl groups is 2. The molecule has 0 aliphatic carbocycles. The Morgan fingerprint density at radius 3 is 2.59 bits per heavy atom. The highest BCUT2D eigenvalue weighted by Gasteiger charge is 2.24. The summed E-state index contributed by atoms with van der Waals surface area (Å²) in [5, 5.41) is 29.5. The van der Waals surface area contributed by atoms with E-state index >= 15 is 0 Å². The Balaban J connectivity index is 3.24. The molecule has 0 bridgehead atoms. The van der Waals surface area contributed by atoms with Gasteiger partial charge in [-0.3, -0.25) is 10.1 Å². The molecule has 0 saturated heterocycles. The smallest absolute Gasteiger partial charge is 0.272 e. The topological polar surface area (TPSA) is 83.6 Å². The Bertz CT molecular complexity index is 441. The number of aliphatic hydroxyl groups excluding tert-OH is 2. The van der Waals surface area contributed by atoms with Gasteiger partial charge in [-0.25, -0.2) is 4.39 Å². The molecular weight excluding hydrogens is 253 g/mol. The van der Waals surface area contributed by atoms with Crippen molar-refractivity contribution in [1.82, 2.24) is 0 Å². The van der Waals surface area contributed by atoms with Crippen molar-refractivity contribution in [3.63, 3.8) is 0 Å². The van der Waals surface area contributed by atoms with Crippen molar-refractivity contribution in [2.75, 3.05) is 5.88 Å². The summed E-state index contributed by atoms with van der Waals surface area (Å²) in [5.74, 6) is -1.12. The van der Waals surface area contributed by atoms with Gasteiger partial charge in [0.1, 0.15) is 11.9 Å². The first-order chi connectivity index (χ1) is 7.88. The summed E-state index contributed by atoms with van der Waals surface area (Å²) in [5.41, 5.74) is -0.513. The number of benzene rings is 1. The molecule has 0 fully saturated rings. The van der Waals surface area contributed by atoms with E-state index in [0.29, 0.717) is 0 Å². The molecule has 7 heteroatoms. The van der Waals surface area contributed by atoms with Gasteiger partial charge >= 0.3 is 0 Å². The van der Waals surface area contributed by atoms with Gasteiger partial charge in [0.15, 0.2) is 0 Å². The highest BCUT2D eigenvalue weighted by atomic mass is 35.5. The zero-order valence-electron chi connectivity index (χ0n) is 8.93. The second-order valence-corrected chi connectivity index (χ2v) is 3.89. The van der Waals surface area contributed by atoms with E-state index in [1.807, 2.05) is 0 Å². The molecule has 94 valence electrons. The summed E-state index contributed by atoms with van der Waals surface area (Å²) in [6, 6.07) is 1.85. The number of alkyl halides is 1. The summed E-state index contributed by atoms with van der Waals surface area (Å²) in [6.07, 6.45) is -2.97. The van der Waals surface area contributed by atoms with Crippen LogP contribution in [0.3, 0.4) is 0 Å². The molecule has 0 aliphatic rings. The van der Waals surface area contributed by atoms with Crippen LogP contribution in [-0.2, 0) is 0 Å². The maximum atomic E-state index is 13.5. The first kappa shape index (κ1) is 13.8. The minimum Gasteiger partial charge on any atom is -0.389 e. The van der Waals surface area contributed by atoms with Gasteiger partial charge in [-0.05, 0) is 13.0 Å². The fraction of sp³-hybridized carbons (Fsp3) is 0.400. The molecule has 2 N–H and O–H groups in total. The van der Waals surface area contributed by atoms with Gasteiger partial charge in [-0.1, -0.05) is 0 Å². The summed E-state index contributed by atoms with van der Waals surface area (Å²) in [6.45, 7) is 1.38. The van der Waals surface area contributed by atoms with Gasteiger partial charge in [0, 0.05) is 17.2 Å². The van der Waals surface area contributed by atoms with Crippen LogP contribution in [-0.4, -0.2) is 27.1 Å². The summed E-state index contributed by atoms with van der Waals surface area (Å²) < 4.78 is 13.5. The molecule has 1 aromatic carbocycles. The lowest BCUT2D eigenvalue weighted by Gasteiger charge is -2.16. The number of hydrogen-bond acceptors (Lipinski definition) is 4. The zero-order valence-corrected chi connectivity index (χ0v) is 9.69. The Labute approximate surface area is 102 Å². The monoisotopic (exact) mass is 263 g/mol. The zero-order chi connectivity index (χ0) is 13.2. The van der Waals surface area contributed by atoms with Crippen LogP contribution in [0.15, 0.2) is 12.1 Å². The van der Waals surface area contributed by atoms with Crippen molar-refractivity contribution in [2.45, 2.75) is 19.1 Å². The summed E-state index contributed by atoms with van der Waals surface area (Å²) in [7, 11) is 0. The standard InChI is InChI=1S/C10H11ClFNO4/c1-5-2-7(12)6(3-8(5)13(16)17)10(15)9(14)4-11/h2-3,9-10,14-15H,4H2,1H3. The molecule has 0 spiro atoms. The highest BCUT2D eigenvalue weighted by molar-refractivity contribution is 6.18. The molecule has 5 nitrogen and oxygen atoms in total.